The van der Waals surface area contributed by atoms with Crippen molar-refractivity contribution >= 4 is 36.7 Å². The van der Waals surface area contributed by atoms with E-state index in [0.717, 1.165) is 12.0 Å². The van der Waals surface area contributed by atoms with E-state index in [2.05, 4.69) is 10.3 Å². The third kappa shape index (κ3) is 4.48. The predicted molar refractivity (Wildman–Crippen MR) is 136 cm³/mol. The largest absolute Gasteiger partial charge is 0.392 e. The Morgan fingerprint density at radius 1 is 1.13 bits per heavy atom. The Balaban J connectivity index is 1.25. The van der Waals surface area contributed by atoms with Crippen LogP contribution in [0.2, 0.25) is 0 Å². The lowest BCUT2D eigenvalue weighted by Gasteiger charge is -2.50. The molecule has 1 aliphatic carbocycles. The molecule has 38 heavy (non-hydrogen) atoms. The first-order valence-corrected chi connectivity index (χ1v) is 14.9. The number of hydrogen-bond donors (Lipinski definition) is 1. The fraction of sp³-hybridized carbons (Fsp3) is 0.500. The number of ether oxygens (including phenoxy) is 1. The predicted octanol–water partition coefficient (Wildman–Crippen LogP) is 5.90. The molecule has 0 amide bonds. The first-order valence-electron chi connectivity index (χ1n) is 12.7. The van der Waals surface area contributed by atoms with Crippen LogP contribution >= 0.6 is 11.3 Å². The van der Waals surface area contributed by atoms with Gasteiger partial charge in [-0.25, -0.2) is 17.8 Å². The number of benzene rings is 2. The van der Waals surface area contributed by atoms with Crippen molar-refractivity contribution in [3.05, 3.63) is 53.3 Å². The van der Waals surface area contributed by atoms with Gasteiger partial charge in [-0.3, -0.25) is 0 Å². The SMILES string of the molecule is O=S(=O)(c1ccc2nc(NC3CCc4c(F)cccc43)sc2c1)N1CCC(C(F)(F)F)C2(CCOCC2)C1. The van der Waals surface area contributed by atoms with Crippen molar-refractivity contribution in [3.63, 3.8) is 0 Å². The monoisotopic (exact) mass is 569 g/mol. The van der Waals surface area contributed by atoms with E-state index in [4.69, 9.17) is 4.74 Å². The second kappa shape index (κ2) is 9.42. The van der Waals surface area contributed by atoms with Gasteiger partial charge in [0.1, 0.15) is 5.82 Å². The van der Waals surface area contributed by atoms with Crippen molar-refractivity contribution in [1.82, 2.24) is 9.29 Å². The average Bonchev–Trinajstić information content (AvgIpc) is 3.48. The molecular weight excluding hydrogens is 542 g/mol. The lowest BCUT2D eigenvalue weighted by molar-refractivity contribution is -0.231. The highest BCUT2D eigenvalue weighted by Crippen LogP contribution is 2.51. The minimum absolute atomic E-state index is 0.0427. The third-order valence-electron chi connectivity index (χ3n) is 8.29. The number of anilines is 1. The van der Waals surface area contributed by atoms with Gasteiger partial charge < -0.3 is 10.1 Å². The number of alkyl halides is 3. The summed E-state index contributed by atoms with van der Waals surface area (Å²) < 4.78 is 90.2. The molecule has 2 aliphatic heterocycles. The number of nitrogens with zero attached hydrogens (tertiary/aromatic N) is 2. The molecule has 1 spiro atoms. The zero-order chi connectivity index (χ0) is 26.7. The number of hydrogen-bond acceptors (Lipinski definition) is 6. The van der Waals surface area contributed by atoms with Crippen LogP contribution in [0.5, 0.6) is 0 Å². The average molecular weight is 570 g/mol. The molecule has 0 bridgehead atoms. The van der Waals surface area contributed by atoms with E-state index in [1.165, 1.54) is 27.8 Å². The van der Waals surface area contributed by atoms with Crippen LogP contribution in [0.25, 0.3) is 10.2 Å². The molecule has 2 atom stereocenters. The number of nitrogens with one attached hydrogen (secondary N) is 1. The lowest BCUT2D eigenvalue weighted by Crippen LogP contribution is -2.56. The molecule has 2 unspecified atom stereocenters. The van der Waals surface area contributed by atoms with Crippen molar-refractivity contribution in [2.45, 2.75) is 49.2 Å². The summed E-state index contributed by atoms with van der Waals surface area (Å²) in [5.74, 6) is -1.76. The molecule has 204 valence electrons. The summed E-state index contributed by atoms with van der Waals surface area (Å²) in [6, 6.07) is 9.58. The Bertz CT molecular complexity index is 1470. The zero-order valence-corrected chi connectivity index (χ0v) is 22.1. The van der Waals surface area contributed by atoms with Crippen molar-refractivity contribution in [2.24, 2.45) is 11.3 Å². The molecule has 1 aromatic heterocycles. The highest BCUT2D eigenvalue weighted by atomic mass is 32.2. The molecule has 3 aliphatic rings. The van der Waals surface area contributed by atoms with Gasteiger partial charge in [0, 0.05) is 31.7 Å². The smallest absolute Gasteiger partial charge is 0.381 e. The summed E-state index contributed by atoms with van der Waals surface area (Å²) in [6.07, 6.45) is -2.93. The first-order chi connectivity index (χ1) is 18.1. The maximum Gasteiger partial charge on any atom is 0.392 e. The molecule has 3 aromatic rings. The number of thiazole rings is 1. The quantitative estimate of drug-likeness (QED) is 0.396. The van der Waals surface area contributed by atoms with Gasteiger partial charge >= 0.3 is 6.18 Å². The molecule has 6 rings (SSSR count). The van der Waals surface area contributed by atoms with E-state index >= 15 is 0 Å². The number of sulfonamides is 1. The second-order valence-corrected chi connectivity index (χ2v) is 13.4. The van der Waals surface area contributed by atoms with Crippen LogP contribution in [-0.2, 0) is 21.2 Å². The zero-order valence-electron chi connectivity index (χ0n) is 20.4. The van der Waals surface area contributed by atoms with Crippen LogP contribution in [0.3, 0.4) is 0 Å². The van der Waals surface area contributed by atoms with Crippen molar-refractivity contribution < 1.29 is 30.7 Å². The molecular formula is C26H27F4N3O3S2. The molecule has 6 nitrogen and oxygen atoms in total. The Morgan fingerprint density at radius 3 is 2.68 bits per heavy atom. The minimum atomic E-state index is -4.39. The highest BCUT2D eigenvalue weighted by Gasteiger charge is 2.57. The van der Waals surface area contributed by atoms with Crippen molar-refractivity contribution in [2.75, 3.05) is 31.6 Å². The van der Waals surface area contributed by atoms with Crippen molar-refractivity contribution in [3.8, 4) is 0 Å². The molecule has 0 radical (unpaired) electrons. The second-order valence-electron chi connectivity index (χ2n) is 10.4. The van der Waals surface area contributed by atoms with E-state index in [0.29, 0.717) is 27.3 Å². The van der Waals surface area contributed by atoms with E-state index < -0.39 is 27.5 Å². The maximum absolute atomic E-state index is 14.1. The van der Waals surface area contributed by atoms with Gasteiger partial charge in [-0.2, -0.15) is 17.5 Å². The standard InChI is InChI=1S/C26H27F4N3O3S2/c27-19-3-1-2-18-17(19)5-7-20(18)31-24-32-21-6-4-16(14-22(21)37-24)38(34,35)33-11-8-23(26(28,29)30)25(15-33)9-12-36-13-10-25/h1-4,6,14,20,23H,5,7-13,15H2,(H,31,32). The van der Waals surface area contributed by atoms with Gasteiger partial charge in [0.15, 0.2) is 5.13 Å². The van der Waals surface area contributed by atoms with Crippen molar-refractivity contribution in [1.29, 1.82) is 0 Å². The van der Waals surface area contributed by atoms with E-state index in [1.807, 2.05) is 6.07 Å². The molecule has 0 saturated carbocycles. The molecule has 2 aromatic carbocycles. The third-order valence-corrected chi connectivity index (χ3v) is 11.1. The lowest BCUT2D eigenvalue weighted by atomic mass is 9.66. The van der Waals surface area contributed by atoms with Gasteiger partial charge in [0.05, 0.1) is 27.1 Å². The number of fused-ring (bicyclic) bond motifs is 2. The Kier molecular flexibility index (Phi) is 6.44. The van der Waals surface area contributed by atoms with Gasteiger partial charge in [-0.15, -0.1) is 0 Å². The van der Waals surface area contributed by atoms with Crippen LogP contribution in [-0.4, -0.2) is 50.2 Å². The van der Waals surface area contributed by atoms with Gasteiger partial charge in [-0.1, -0.05) is 23.5 Å². The van der Waals surface area contributed by atoms with Crippen LogP contribution in [0.1, 0.15) is 42.9 Å². The maximum atomic E-state index is 14.1. The fourth-order valence-electron chi connectivity index (χ4n) is 6.31. The topological polar surface area (TPSA) is 71.5 Å². The molecule has 12 heteroatoms. The summed E-state index contributed by atoms with van der Waals surface area (Å²) in [5.41, 5.74) is 1.04. The first kappa shape index (κ1) is 26.0. The molecule has 3 heterocycles. The van der Waals surface area contributed by atoms with Crippen LogP contribution in [0.15, 0.2) is 41.3 Å². The summed E-state index contributed by atoms with van der Waals surface area (Å²) in [5, 5.41) is 3.96. The summed E-state index contributed by atoms with van der Waals surface area (Å²) >= 11 is 1.30. The molecule has 1 N–H and O–H groups in total. The van der Waals surface area contributed by atoms with Crippen LogP contribution in [0, 0.1) is 17.2 Å². The Hall–Kier alpha value is -2.28. The highest BCUT2D eigenvalue weighted by molar-refractivity contribution is 7.89. The van der Waals surface area contributed by atoms with Crippen LogP contribution in [0.4, 0.5) is 22.7 Å². The number of halogens is 4. The van der Waals surface area contributed by atoms with Gasteiger partial charge in [-0.05, 0) is 67.5 Å². The Morgan fingerprint density at radius 2 is 1.92 bits per heavy atom. The number of aromatic nitrogens is 1. The van der Waals surface area contributed by atoms with E-state index in [1.54, 1.807) is 18.2 Å². The summed E-state index contributed by atoms with van der Waals surface area (Å²) in [6.45, 7) is 0.0384. The van der Waals surface area contributed by atoms with Gasteiger partial charge in [0.25, 0.3) is 0 Å². The minimum Gasteiger partial charge on any atom is -0.381 e. The summed E-state index contributed by atoms with van der Waals surface area (Å²) in [7, 11) is -4.01. The van der Waals surface area contributed by atoms with E-state index in [-0.39, 0.29) is 62.3 Å². The fourth-order valence-corrected chi connectivity index (χ4v) is 8.92. The molecule has 2 fully saturated rings. The normalized spacial score (nSPS) is 24.1. The molecule has 2 saturated heterocycles. The van der Waals surface area contributed by atoms with E-state index in [9.17, 15) is 26.0 Å². The Labute approximate surface area is 222 Å². The number of piperidine rings is 1. The van der Waals surface area contributed by atoms with Crippen LogP contribution < -0.4 is 5.32 Å². The number of rotatable bonds is 4. The summed E-state index contributed by atoms with van der Waals surface area (Å²) in [4.78, 5) is 4.62. The van der Waals surface area contributed by atoms with Gasteiger partial charge in [0.2, 0.25) is 10.0 Å².